The lowest BCUT2D eigenvalue weighted by atomic mass is 10.0. The maximum Gasteiger partial charge on any atom is 0.293 e. The number of aryl methyl sites for hydroxylation is 2. The van der Waals surface area contributed by atoms with Crippen LogP contribution in [0.5, 0.6) is 5.75 Å². The summed E-state index contributed by atoms with van der Waals surface area (Å²) in [4.78, 5) is 10.8. The van der Waals surface area contributed by atoms with Crippen LogP contribution in [0.4, 0.5) is 26.0 Å². The van der Waals surface area contributed by atoms with E-state index >= 15 is 0 Å². The number of aromatic nitrogens is 2. The molecule has 0 saturated carbocycles. The van der Waals surface area contributed by atoms with Gasteiger partial charge >= 0.3 is 0 Å². The Morgan fingerprint density at radius 1 is 1.21 bits per heavy atom. The van der Waals surface area contributed by atoms with Crippen molar-refractivity contribution < 1.29 is 18.4 Å². The van der Waals surface area contributed by atoms with E-state index < -0.39 is 16.6 Å². The van der Waals surface area contributed by atoms with E-state index in [0.29, 0.717) is 10.2 Å². The molecule has 0 saturated heterocycles. The third-order valence-electron chi connectivity index (χ3n) is 4.13. The van der Waals surface area contributed by atoms with Crippen molar-refractivity contribution in [2.24, 2.45) is 7.05 Å². The monoisotopic (exact) mass is 452 g/mol. The van der Waals surface area contributed by atoms with Crippen molar-refractivity contribution in [1.29, 1.82) is 0 Å². The van der Waals surface area contributed by atoms with Crippen molar-refractivity contribution >= 4 is 33.1 Å². The van der Waals surface area contributed by atoms with Gasteiger partial charge in [-0.2, -0.15) is 5.10 Å². The van der Waals surface area contributed by atoms with Gasteiger partial charge in [-0.1, -0.05) is 15.9 Å². The van der Waals surface area contributed by atoms with Crippen molar-refractivity contribution in [2.45, 2.75) is 6.92 Å². The first-order valence-corrected chi connectivity index (χ1v) is 8.80. The SMILES string of the molecule is COc1cc(F)c(-c2c(C)nn(C)c2Nc2ccc(Br)cc2[N+](=O)[O-])c(F)c1. The Balaban J connectivity index is 2.18. The third-order valence-corrected chi connectivity index (χ3v) is 4.63. The highest BCUT2D eigenvalue weighted by atomic mass is 79.9. The van der Waals surface area contributed by atoms with Crippen molar-refractivity contribution in [3.8, 4) is 16.9 Å². The van der Waals surface area contributed by atoms with Crippen molar-refractivity contribution in [3.05, 3.63) is 62.2 Å². The molecule has 146 valence electrons. The first-order chi connectivity index (χ1) is 13.2. The van der Waals surface area contributed by atoms with E-state index in [1.54, 1.807) is 20.0 Å². The highest BCUT2D eigenvalue weighted by molar-refractivity contribution is 9.10. The van der Waals surface area contributed by atoms with Gasteiger partial charge in [-0.3, -0.25) is 14.8 Å². The first kappa shape index (κ1) is 19.7. The van der Waals surface area contributed by atoms with Crippen LogP contribution in [0.2, 0.25) is 0 Å². The molecule has 10 heteroatoms. The van der Waals surface area contributed by atoms with E-state index in [2.05, 4.69) is 26.3 Å². The fourth-order valence-corrected chi connectivity index (χ4v) is 3.25. The molecule has 0 atom stereocenters. The molecule has 0 aliphatic heterocycles. The molecule has 0 amide bonds. The quantitative estimate of drug-likeness (QED) is 0.430. The minimum atomic E-state index is -0.832. The molecular weight excluding hydrogens is 438 g/mol. The topological polar surface area (TPSA) is 82.2 Å². The van der Waals surface area contributed by atoms with Gasteiger partial charge in [0.1, 0.15) is 28.9 Å². The van der Waals surface area contributed by atoms with Gasteiger partial charge in [0.2, 0.25) is 0 Å². The van der Waals surface area contributed by atoms with Crippen molar-refractivity contribution in [2.75, 3.05) is 12.4 Å². The van der Waals surface area contributed by atoms with E-state index in [1.807, 2.05) is 0 Å². The van der Waals surface area contributed by atoms with Gasteiger partial charge < -0.3 is 10.1 Å². The molecule has 3 aromatic rings. The summed E-state index contributed by atoms with van der Waals surface area (Å²) in [5.41, 5.74) is 0.181. The summed E-state index contributed by atoms with van der Waals surface area (Å²) in [7, 11) is 2.88. The van der Waals surface area contributed by atoms with Gasteiger partial charge in [-0.05, 0) is 19.1 Å². The van der Waals surface area contributed by atoms with Crippen LogP contribution in [0.15, 0.2) is 34.8 Å². The van der Waals surface area contributed by atoms with Crippen molar-refractivity contribution in [3.63, 3.8) is 0 Å². The lowest BCUT2D eigenvalue weighted by molar-refractivity contribution is -0.384. The molecule has 0 aliphatic carbocycles. The average molecular weight is 453 g/mol. The normalized spacial score (nSPS) is 10.8. The molecule has 1 aromatic heterocycles. The van der Waals surface area contributed by atoms with E-state index in [4.69, 9.17) is 4.74 Å². The minimum Gasteiger partial charge on any atom is -0.497 e. The van der Waals surface area contributed by atoms with Gasteiger partial charge in [-0.25, -0.2) is 8.78 Å². The Kier molecular flexibility index (Phi) is 5.32. The number of nitro benzene ring substituents is 1. The molecule has 0 radical (unpaired) electrons. The number of methoxy groups -OCH3 is 1. The smallest absolute Gasteiger partial charge is 0.293 e. The predicted molar refractivity (Wildman–Crippen MR) is 104 cm³/mol. The molecule has 3 rings (SSSR count). The second-order valence-electron chi connectivity index (χ2n) is 5.94. The third kappa shape index (κ3) is 3.55. The standard InChI is InChI=1S/C18H15BrF2N4O3/c1-9-16(17-12(20)7-11(28-3)8-13(17)21)18(24(2)23-9)22-14-5-4-10(19)6-15(14)25(26)27/h4-8,22H,1-3H3. The van der Waals surface area contributed by atoms with Gasteiger partial charge in [0.25, 0.3) is 5.69 Å². The predicted octanol–water partition coefficient (Wildman–Crippen LogP) is 5.10. The summed E-state index contributed by atoms with van der Waals surface area (Å²) in [5.74, 6) is -1.41. The average Bonchev–Trinajstić information content (AvgIpc) is 2.89. The maximum absolute atomic E-state index is 14.7. The molecule has 2 aromatic carbocycles. The largest absolute Gasteiger partial charge is 0.497 e. The number of hydrogen-bond donors (Lipinski definition) is 1. The molecule has 0 aliphatic rings. The summed E-state index contributed by atoms with van der Waals surface area (Å²) in [6, 6.07) is 6.58. The fourth-order valence-electron chi connectivity index (χ4n) is 2.90. The van der Waals surface area contributed by atoms with E-state index in [-0.39, 0.29) is 34.1 Å². The van der Waals surface area contributed by atoms with Crippen LogP contribution in [-0.2, 0) is 7.05 Å². The van der Waals surface area contributed by atoms with Crippen LogP contribution in [0, 0.1) is 28.7 Å². The zero-order valence-electron chi connectivity index (χ0n) is 15.1. The highest BCUT2D eigenvalue weighted by Crippen LogP contribution is 2.39. The Morgan fingerprint density at radius 2 is 1.86 bits per heavy atom. The van der Waals surface area contributed by atoms with Crippen molar-refractivity contribution in [1.82, 2.24) is 9.78 Å². The summed E-state index contributed by atoms with van der Waals surface area (Å²) < 4.78 is 36.1. The van der Waals surface area contributed by atoms with Gasteiger partial charge in [-0.15, -0.1) is 0 Å². The van der Waals surface area contributed by atoms with Crippen LogP contribution in [0.25, 0.3) is 11.1 Å². The number of nitrogens with one attached hydrogen (secondary N) is 1. The summed E-state index contributed by atoms with van der Waals surface area (Å²) >= 11 is 3.19. The summed E-state index contributed by atoms with van der Waals surface area (Å²) in [5, 5.41) is 18.5. The number of benzene rings is 2. The van der Waals surface area contributed by atoms with Crippen LogP contribution >= 0.6 is 15.9 Å². The zero-order chi connectivity index (χ0) is 20.6. The number of hydrogen-bond acceptors (Lipinski definition) is 5. The second-order valence-corrected chi connectivity index (χ2v) is 6.86. The van der Waals surface area contributed by atoms with E-state index in [0.717, 1.165) is 12.1 Å². The van der Waals surface area contributed by atoms with Crippen LogP contribution < -0.4 is 10.1 Å². The summed E-state index contributed by atoms with van der Waals surface area (Å²) in [6.07, 6.45) is 0. The Morgan fingerprint density at radius 3 is 2.43 bits per heavy atom. The fraction of sp³-hybridized carbons (Fsp3) is 0.167. The van der Waals surface area contributed by atoms with Gasteiger partial charge in [0, 0.05) is 29.7 Å². The molecule has 1 heterocycles. The van der Waals surface area contributed by atoms with E-state index in [9.17, 15) is 18.9 Å². The maximum atomic E-state index is 14.7. The number of ether oxygens (including phenoxy) is 1. The number of nitrogens with zero attached hydrogens (tertiary/aromatic N) is 3. The molecule has 0 spiro atoms. The number of rotatable bonds is 5. The Hall–Kier alpha value is -3.01. The minimum absolute atomic E-state index is 0.0401. The van der Waals surface area contributed by atoms with Crippen LogP contribution in [0.3, 0.4) is 0 Å². The highest BCUT2D eigenvalue weighted by Gasteiger charge is 2.25. The lowest BCUT2D eigenvalue weighted by Crippen LogP contribution is -2.04. The molecule has 28 heavy (non-hydrogen) atoms. The molecule has 0 unspecified atom stereocenters. The van der Waals surface area contributed by atoms with Gasteiger partial charge in [0.15, 0.2) is 0 Å². The zero-order valence-corrected chi connectivity index (χ0v) is 16.7. The molecule has 1 N–H and O–H groups in total. The molecule has 0 bridgehead atoms. The summed E-state index contributed by atoms with van der Waals surface area (Å²) in [6.45, 7) is 1.60. The number of halogens is 3. The number of anilines is 2. The van der Waals surface area contributed by atoms with Gasteiger partial charge in [0.05, 0.1) is 28.9 Å². The van der Waals surface area contributed by atoms with Crippen LogP contribution in [-0.4, -0.2) is 21.8 Å². The van der Waals surface area contributed by atoms with E-state index in [1.165, 1.54) is 23.9 Å². The second kappa shape index (κ2) is 7.55. The molecular formula is C18H15BrF2N4O3. The number of nitro groups is 1. The Bertz CT molecular complexity index is 1060. The first-order valence-electron chi connectivity index (χ1n) is 8.01. The lowest BCUT2D eigenvalue weighted by Gasteiger charge is -2.13. The van der Waals surface area contributed by atoms with Crippen LogP contribution in [0.1, 0.15) is 5.69 Å². The Labute approximate surface area is 167 Å². The molecule has 0 fully saturated rings. The molecule has 7 nitrogen and oxygen atoms in total.